The van der Waals surface area contributed by atoms with Crippen LogP contribution >= 0.6 is 0 Å². The zero-order chi connectivity index (χ0) is 23.0. The molecule has 1 atom stereocenters. The normalized spacial score (nSPS) is 12.6. The molecule has 0 bridgehead atoms. The van der Waals surface area contributed by atoms with Gasteiger partial charge in [0.1, 0.15) is 11.5 Å². The van der Waals surface area contributed by atoms with Gasteiger partial charge in [-0.3, -0.25) is 0 Å². The molecule has 0 aliphatic rings. The van der Waals surface area contributed by atoms with Crippen LogP contribution in [0, 0.1) is 0 Å². The van der Waals surface area contributed by atoms with Gasteiger partial charge >= 0.3 is 0 Å². The van der Waals surface area contributed by atoms with Crippen molar-refractivity contribution in [3.63, 3.8) is 0 Å². The summed E-state index contributed by atoms with van der Waals surface area (Å²) in [6.07, 6.45) is 14.4. The molecule has 2 rings (SSSR count). The second-order valence-corrected chi connectivity index (χ2v) is 8.46. The Labute approximate surface area is 195 Å². The molecule has 32 heavy (non-hydrogen) atoms. The highest BCUT2D eigenvalue weighted by Gasteiger charge is 2.17. The highest BCUT2D eigenvalue weighted by molar-refractivity contribution is 5.72. The molecule has 1 N–H and O–H groups in total. The van der Waals surface area contributed by atoms with E-state index < -0.39 is 0 Å². The number of aliphatic hydroxyl groups excluding tert-OH is 1. The lowest BCUT2D eigenvalue weighted by atomic mass is 9.84. The van der Waals surface area contributed by atoms with Gasteiger partial charge in [-0.1, -0.05) is 75.8 Å². The molecule has 2 aromatic rings. The first-order valence-electron chi connectivity index (χ1n) is 12.3. The van der Waals surface area contributed by atoms with Crippen LogP contribution in [-0.2, 0) is 0 Å². The van der Waals surface area contributed by atoms with Crippen molar-refractivity contribution in [1.29, 1.82) is 0 Å². The maximum absolute atomic E-state index is 8.86. The summed E-state index contributed by atoms with van der Waals surface area (Å²) >= 11 is 0. The van der Waals surface area contributed by atoms with Crippen molar-refractivity contribution in [3.8, 4) is 11.5 Å². The van der Waals surface area contributed by atoms with Crippen LogP contribution < -0.4 is 9.47 Å². The molecule has 0 heterocycles. The molecule has 0 aromatic heterocycles. The van der Waals surface area contributed by atoms with E-state index in [2.05, 4.69) is 61.5 Å². The largest absolute Gasteiger partial charge is 0.497 e. The van der Waals surface area contributed by atoms with Crippen LogP contribution in [0.4, 0.5) is 0 Å². The summed E-state index contributed by atoms with van der Waals surface area (Å²) in [5, 5.41) is 8.86. The highest BCUT2D eigenvalue weighted by Crippen LogP contribution is 2.36. The summed E-state index contributed by atoms with van der Waals surface area (Å²) in [5.74, 6) is 2.15. The number of rotatable bonds is 16. The minimum Gasteiger partial charge on any atom is -0.497 e. The van der Waals surface area contributed by atoms with Crippen LogP contribution in [0.25, 0.3) is 5.57 Å². The fourth-order valence-electron chi connectivity index (χ4n) is 4.29. The number of benzene rings is 2. The quantitative estimate of drug-likeness (QED) is 0.272. The minimum absolute atomic E-state index is 0.331. The third-order valence-corrected chi connectivity index (χ3v) is 6.20. The zero-order valence-electron chi connectivity index (χ0n) is 20.3. The van der Waals surface area contributed by atoms with Gasteiger partial charge in [-0.2, -0.15) is 0 Å². The van der Waals surface area contributed by atoms with Crippen molar-refractivity contribution in [2.24, 2.45) is 0 Å². The van der Waals surface area contributed by atoms with Crippen LogP contribution in [0.5, 0.6) is 11.5 Å². The summed E-state index contributed by atoms with van der Waals surface area (Å²) in [4.78, 5) is 0. The molecule has 0 aliphatic carbocycles. The van der Waals surface area contributed by atoms with Crippen LogP contribution in [0.1, 0.15) is 88.2 Å². The third kappa shape index (κ3) is 8.70. The molecular formula is C29H42O3. The number of hydrogen-bond acceptors (Lipinski definition) is 3. The number of methoxy groups -OCH3 is 2. The molecule has 0 radical (unpaired) electrons. The van der Waals surface area contributed by atoms with Gasteiger partial charge in [0.25, 0.3) is 0 Å². The van der Waals surface area contributed by atoms with Crippen molar-refractivity contribution in [1.82, 2.24) is 0 Å². The van der Waals surface area contributed by atoms with Gasteiger partial charge in [0, 0.05) is 12.5 Å². The van der Waals surface area contributed by atoms with E-state index in [1.807, 2.05) is 0 Å². The third-order valence-electron chi connectivity index (χ3n) is 6.20. The van der Waals surface area contributed by atoms with Crippen LogP contribution in [0.2, 0.25) is 0 Å². The van der Waals surface area contributed by atoms with Crippen LogP contribution in [0.3, 0.4) is 0 Å². The molecular weight excluding hydrogens is 396 g/mol. The molecule has 176 valence electrons. The maximum atomic E-state index is 8.86. The van der Waals surface area contributed by atoms with E-state index in [1.54, 1.807) is 14.2 Å². The minimum atomic E-state index is 0.331. The van der Waals surface area contributed by atoms with Gasteiger partial charge in [0.2, 0.25) is 0 Å². The first-order chi connectivity index (χ1) is 15.7. The molecule has 0 saturated heterocycles. The van der Waals surface area contributed by atoms with E-state index in [0.29, 0.717) is 12.5 Å². The van der Waals surface area contributed by atoms with Crippen molar-refractivity contribution in [3.05, 3.63) is 65.7 Å². The van der Waals surface area contributed by atoms with E-state index in [1.165, 1.54) is 55.2 Å². The van der Waals surface area contributed by atoms with E-state index in [4.69, 9.17) is 14.6 Å². The smallest absolute Gasteiger partial charge is 0.118 e. The molecule has 1 unspecified atom stereocenters. The predicted octanol–water partition coefficient (Wildman–Crippen LogP) is 7.78. The van der Waals surface area contributed by atoms with Gasteiger partial charge in [-0.05, 0) is 66.6 Å². The van der Waals surface area contributed by atoms with Gasteiger partial charge in [-0.25, -0.2) is 0 Å². The number of ether oxygens (including phenoxy) is 2. The Morgan fingerprint density at radius 2 is 1.25 bits per heavy atom. The monoisotopic (exact) mass is 438 g/mol. The molecule has 0 amide bonds. The summed E-state index contributed by atoms with van der Waals surface area (Å²) in [5.41, 5.74) is 4.01. The van der Waals surface area contributed by atoms with Gasteiger partial charge in [0.15, 0.2) is 0 Å². The van der Waals surface area contributed by atoms with Gasteiger partial charge in [0.05, 0.1) is 14.2 Å². The molecule has 3 heteroatoms. The lowest BCUT2D eigenvalue weighted by molar-refractivity contribution is 0.282. The van der Waals surface area contributed by atoms with Crippen molar-refractivity contribution in [2.45, 2.75) is 77.0 Å². The van der Waals surface area contributed by atoms with E-state index in [-0.39, 0.29) is 0 Å². The molecule has 0 saturated carbocycles. The fraction of sp³-hybridized carbons (Fsp3) is 0.517. The number of hydrogen-bond donors (Lipinski definition) is 1. The summed E-state index contributed by atoms with van der Waals surface area (Å²) in [6.45, 7) is 2.60. The summed E-state index contributed by atoms with van der Waals surface area (Å²) in [7, 11) is 3.43. The Balaban J connectivity index is 2.03. The second-order valence-electron chi connectivity index (χ2n) is 8.46. The Bertz CT molecular complexity index is 762. The molecule has 2 aromatic carbocycles. The SMILES string of the molecule is CCC(C(=CCCCCCCCCCCO)c1ccc(OC)cc1)c1ccc(OC)cc1. The fourth-order valence-corrected chi connectivity index (χ4v) is 4.29. The van der Waals surface area contributed by atoms with E-state index in [0.717, 1.165) is 37.2 Å². The summed E-state index contributed by atoms with van der Waals surface area (Å²) in [6, 6.07) is 17.0. The first-order valence-corrected chi connectivity index (χ1v) is 12.3. The van der Waals surface area contributed by atoms with Crippen LogP contribution in [-0.4, -0.2) is 25.9 Å². The lowest BCUT2D eigenvalue weighted by Gasteiger charge is -2.21. The second kappa shape index (κ2) is 15.5. The standard InChI is InChI=1S/C29H42O3/c1-4-28(24-15-19-26(31-2)20-16-24)29(25-17-21-27(32-3)22-18-25)14-12-10-8-6-5-7-9-11-13-23-30/h14-22,28,30H,4-13,23H2,1-3H3. The Morgan fingerprint density at radius 3 is 1.75 bits per heavy atom. The Kier molecular flexibility index (Phi) is 12.6. The Hall–Kier alpha value is -2.26. The van der Waals surface area contributed by atoms with Crippen molar-refractivity contribution >= 4 is 5.57 Å². The number of allylic oxidation sites excluding steroid dienone is 2. The average molecular weight is 439 g/mol. The van der Waals surface area contributed by atoms with Crippen LogP contribution in [0.15, 0.2) is 54.6 Å². The molecule has 0 aliphatic heterocycles. The first kappa shape index (κ1) is 26.0. The number of unbranched alkanes of at least 4 members (excludes halogenated alkanes) is 8. The molecule has 0 spiro atoms. The molecule has 0 fully saturated rings. The summed E-state index contributed by atoms with van der Waals surface area (Å²) < 4.78 is 10.7. The van der Waals surface area contributed by atoms with Gasteiger partial charge in [-0.15, -0.1) is 0 Å². The zero-order valence-corrected chi connectivity index (χ0v) is 20.3. The maximum Gasteiger partial charge on any atom is 0.118 e. The van der Waals surface area contributed by atoms with Crippen molar-refractivity contribution in [2.75, 3.05) is 20.8 Å². The van der Waals surface area contributed by atoms with E-state index >= 15 is 0 Å². The van der Waals surface area contributed by atoms with Crippen molar-refractivity contribution < 1.29 is 14.6 Å². The van der Waals surface area contributed by atoms with E-state index in [9.17, 15) is 0 Å². The average Bonchev–Trinajstić information content (AvgIpc) is 2.85. The molecule has 3 nitrogen and oxygen atoms in total. The topological polar surface area (TPSA) is 38.7 Å². The van der Waals surface area contributed by atoms with Gasteiger partial charge < -0.3 is 14.6 Å². The lowest BCUT2D eigenvalue weighted by Crippen LogP contribution is -2.02. The predicted molar refractivity (Wildman–Crippen MR) is 136 cm³/mol. The highest BCUT2D eigenvalue weighted by atomic mass is 16.5. The Morgan fingerprint density at radius 1 is 0.750 bits per heavy atom. The number of aliphatic hydroxyl groups is 1.